The van der Waals surface area contributed by atoms with Gasteiger partial charge >= 0.3 is 0 Å². The normalized spacial score (nSPS) is 10.4. The molecule has 6 heteroatoms. The first kappa shape index (κ1) is 9.39. The van der Waals surface area contributed by atoms with Gasteiger partial charge in [0.15, 0.2) is 6.29 Å². The number of rotatable bonds is 3. The molecule has 0 saturated carbocycles. The molecule has 0 unspecified atom stereocenters. The van der Waals surface area contributed by atoms with Crippen molar-refractivity contribution in [1.82, 2.24) is 5.01 Å². The highest BCUT2D eigenvalue weighted by Gasteiger charge is 2.03. The van der Waals surface area contributed by atoms with Gasteiger partial charge in [-0.25, -0.2) is 5.84 Å². The largest absolute Gasteiger partial charge is 0.321 e. The standard InChI is InChI=1S/C5H9N5O/c6-2-1-3-10(8)5(4-11)9-7/h4H,1,3,7-8H2/b9-5-. The van der Waals surface area contributed by atoms with Gasteiger partial charge in [-0.15, -0.1) is 0 Å². The smallest absolute Gasteiger partial charge is 0.202 e. The van der Waals surface area contributed by atoms with Crippen molar-refractivity contribution in [3.63, 3.8) is 0 Å². The lowest BCUT2D eigenvalue weighted by Gasteiger charge is -2.13. The van der Waals surface area contributed by atoms with E-state index in [9.17, 15) is 4.79 Å². The highest BCUT2D eigenvalue weighted by Crippen LogP contribution is 1.82. The molecule has 0 aliphatic heterocycles. The minimum absolute atomic E-state index is 0.0692. The molecule has 0 rings (SSSR count). The Bertz CT molecular complexity index is 194. The van der Waals surface area contributed by atoms with Gasteiger partial charge in [0.2, 0.25) is 5.84 Å². The van der Waals surface area contributed by atoms with Crippen LogP contribution >= 0.6 is 0 Å². The van der Waals surface area contributed by atoms with Crippen molar-refractivity contribution < 1.29 is 4.79 Å². The molecule has 0 bridgehead atoms. The molecule has 11 heavy (non-hydrogen) atoms. The summed E-state index contributed by atoms with van der Waals surface area (Å²) >= 11 is 0. The molecule has 0 heterocycles. The summed E-state index contributed by atoms with van der Waals surface area (Å²) in [6.07, 6.45) is 0.654. The molecule has 0 aliphatic carbocycles. The predicted octanol–water partition coefficient (Wildman–Crippen LogP) is -1.45. The van der Waals surface area contributed by atoms with E-state index in [4.69, 9.17) is 16.9 Å². The van der Waals surface area contributed by atoms with E-state index in [1.54, 1.807) is 0 Å². The minimum atomic E-state index is -0.0692. The first-order valence-corrected chi connectivity index (χ1v) is 2.88. The second-order valence-corrected chi connectivity index (χ2v) is 1.71. The zero-order valence-corrected chi connectivity index (χ0v) is 5.90. The topological polar surface area (TPSA) is 108 Å². The summed E-state index contributed by atoms with van der Waals surface area (Å²) in [6.45, 7) is 0.241. The molecule has 60 valence electrons. The number of carbonyl (C=O) groups excluding carboxylic acids is 1. The fourth-order valence-electron chi connectivity index (χ4n) is 0.457. The van der Waals surface area contributed by atoms with Crippen LogP contribution in [0.15, 0.2) is 5.10 Å². The van der Waals surface area contributed by atoms with Crippen LogP contribution in [-0.4, -0.2) is 23.7 Å². The first-order chi connectivity index (χ1) is 5.26. The summed E-state index contributed by atoms with van der Waals surface area (Å²) < 4.78 is 0. The van der Waals surface area contributed by atoms with Gasteiger partial charge in [0.1, 0.15) is 0 Å². The number of nitriles is 1. The molecule has 6 nitrogen and oxygen atoms in total. The number of amidine groups is 1. The van der Waals surface area contributed by atoms with Crippen LogP contribution in [0.5, 0.6) is 0 Å². The van der Waals surface area contributed by atoms with Crippen molar-refractivity contribution in [1.29, 1.82) is 5.26 Å². The average molecular weight is 155 g/mol. The van der Waals surface area contributed by atoms with Crippen LogP contribution in [0.25, 0.3) is 0 Å². The molecule has 0 radical (unpaired) electrons. The lowest BCUT2D eigenvalue weighted by atomic mass is 10.4. The fourth-order valence-corrected chi connectivity index (χ4v) is 0.457. The van der Waals surface area contributed by atoms with Crippen LogP contribution in [0.2, 0.25) is 0 Å². The van der Waals surface area contributed by atoms with Crippen LogP contribution in [0.3, 0.4) is 0 Å². The maximum absolute atomic E-state index is 10.1. The number of hydrogen-bond acceptors (Lipinski definition) is 5. The molecule has 0 atom stereocenters. The minimum Gasteiger partial charge on any atom is -0.321 e. The Labute approximate surface area is 64.0 Å². The Hall–Kier alpha value is -1.61. The van der Waals surface area contributed by atoms with Crippen LogP contribution in [0.4, 0.5) is 0 Å². The maximum atomic E-state index is 10.1. The van der Waals surface area contributed by atoms with Crippen LogP contribution in [-0.2, 0) is 4.79 Å². The third-order valence-corrected chi connectivity index (χ3v) is 0.996. The SMILES string of the molecule is N#CCCN(N)/C(C=O)=N\N. The first-order valence-electron chi connectivity index (χ1n) is 2.88. The van der Waals surface area contributed by atoms with Gasteiger partial charge in [0.25, 0.3) is 0 Å². The van der Waals surface area contributed by atoms with Crippen LogP contribution in [0.1, 0.15) is 6.42 Å². The summed E-state index contributed by atoms with van der Waals surface area (Å²) in [5.74, 6) is 10.0. The van der Waals surface area contributed by atoms with E-state index < -0.39 is 0 Å². The third kappa shape index (κ3) is 3.17. The van der Waals surface area contributed by atoms with Gasteiger partial charge in [-0.1, -0.05) is 0 Å². The molecular weight excluding hydrogens is 146 g/mol. The molecular formula is C5H9N5O. The van der Waals surface area contributed by atoms with Crippen molar-refractivity contribution in [2.24, 2.45) is 16.8 Å². The number of nitrogens with two attached hydrogens (primary N) is 2. The van der Waals surface area contributed by atoms with Gasteiger partial charge in [0, 0.05) is 6.54 Å². The van der Waals surface area contributed by atoms with E-state index in [1.165, 1.54) is 0 Å². The molecule has 0 amide bonds. The number of aldehydes is 1. The van der Waals surface area contributed by atoms with Gasteiger partial charge in [0.05, 0.1) is 12.5 Å². The summed E-state index contributed by atoms with van der Waals surface area (Å²) in [5, 5.41) is 12.3. The number of carbonyl (C=O) groups is 1. The average Bonchev–Trinajstić information content (AvgIpc) is 2.03. The van der Waals surface area contributed by atoms with Crippen LogP contribution < -0.4 is 11.7 Å². The number of hydrazine groups is 1. The van der Waals surface area contributed by atoms with Crippen LogP contribution in [0, 0.1) is 11.3 Å². The van der Waals surface area contributed by atoms with Gasteiger partial charge < -0.3 is 5.84 Å². The van der Waals surface area contributed by atoms with E-state index in [0.29, 0.717) is 6.29 Å². The maximum Gasteiger partial charge on any atom is 0.202 e. The van der Waals surface area contributed by atoms with Crippen molar-refractivity contribution in [3.05, 3.63) is 0 Å². The lowest BCUT2D eigenvalue weighted by molar-refractivity contribution is -0.103. The van der Waals surface area contributed by atoms with E-state index in [-0.39, 0.29) is 18.8 Å². The van der Waals surface area contributed by atoms with Gasteiger partial charge in [-0.3, -0.25) is 9.80 Å². The van der Waals surface area contributed by atoms with Gasteiger partial charge in [-0.2, -0.15) is 10.4 Å². The molecule has 0 aliphatic rings. The Morgan fingerprint density at radius 1 is 1.82 bits per heavy atom. The van der Waals surface area contributed by atoms with E-state index in [0.717, 1.165) is 5.01 Å². The number of hydrogen-bond donors (Lipinski definition) is 2. The molecule has 0 aromatic carbocycles. The highest BCUT2D eigenvalue weighted by atomic mass is 16.1. The number of nitrogens with zero attached hydrogens (tertiary/aromatic N) is 3. The summed E-state index contributed by atoms with van der Waals surface area (Å²) in [4.78, 5) is 10.1. The summed E-state index contributed by atoms with van der Waals surface area (Å²) in [5.41, 5.74) is 0. The zero-order chi connectivity index (χ0) is 8.69. The van der Waals surface area contributed by atoms with E-state index in [1.807, 2.05) is 6.07 Å². The quantitative estimate of drug-likeness (QED) is 0.170. The number of hydrazone groups is 1. The van der Waals surface area contributed by atoms with Crippen molar-refractivity contribution in [3.8, 4) is 6.07 Å². The molecule has 0 aromatic rings. The Balaban J connectivity index is 3.92. The fraction of sp³-hybridized carbons (Fsp3) is 0.400. The van der Waals surface area contributed by atoms with E-state index >= 15 is 0 Å². The molecule has 4 N–H and O–H groups in total. The predicted molar refractivity (Wildman–Crippen MR) is 38.8 cm³/mol. The van der Waals surface area contributed by atoms with E-state index in [2.05, 4.69) is 5.10 Å². The van der Waals surface area contributed by atoms with Crippen molar-refractivity contribution in [2.75, 3.05) is 6.54 Å². The molecule has 0 saturated heterocycles. The Kier molecular flexibility index (Phi) is 4.44. The Morgan fingerprint density at radius 2 is 2.45 bits per heavy atom. The van der Waals surface area contributed by atoms with Gasteiger partial charge in [-0.05, 0) is 0 Å². The monoisotopic (exact) mass is 155 g/mol. The zero-order valence-electron chi connectivity index (χ0n) is 5.90. The molecule has 0 fully saturated rings. The second kappa shape index (κ2) is 5.20. The second-order valence-electron chi connectivity index (χ2n) is 1.71. The highest BCUT2D eigenvalue weighted by molar-refractivity contribution is 6.26. The van der Waals surface area contributed by atoms with Crippen molar-refractivity contribution in [2.45, 2.75) is 6.42 Å². The Morgan fingerprint density at radius 3 is 2.82 bits per heavy atom. The molecule has 0 spiro atoms. The lowest BCUT2D eigenvalue weighted by Crippen LogP contribution is -2.39. The summed E-state index contributed by atoms with van der Waals surface area (Å²) in [6, 6.07) is 1.87. The van der Waals surface area contributed by atoms with Crippen molar-refractivity contribution >= 4 is 12.1 Å². The molecule has 0 aromatic heterocycles. The third-order valence-electron chi connectivity index (χ3n) is 0.996. The summed E-state index contributed by atoms with van der Waals surface area (Å²) in [7, 11) is 0.